The van der Waals surface area contributed by atoms with Crippen LogP contribution in [0.5, 0.6) is 0 Å². The Labute approximate surface area is 116 Å². The summed E-state index contributed by atoms with van der Waals surface area (Å²) in [5.74, 6) is -3.61. The second kappa shape index (κ2) is 6.45. The fourth-order valence-electron chi connectivity index (χ4n) is 1.97. The molecule has 0 aromatic heterocycles. The number of amides is 1. The summed E-state index contributed by atoms with van der Waals surface area (Å²) in [5.41, 5.74) is -2.03. The minimum absolute atomic E-state index is 0.293. The number of hydrogen-bond donors (Lipinski definition) is 1. The van der Waals surface area contributed by atoms with Gasteiger partial charge in [0.25, 0.3) is 5.91 Å². The number of carbonyl (C=O) groups excluding carboxylic acids is 2. The highest BCUT2D eigenvalue weighted by atomic mass is 19.1. The number of hydrogen-bond acceptors (Lipinski definition) is 3. The van der Waals surface area contributed by atoms with Gasteiger partial charge in [0.1, 0.15) is 22.7 Å². The molecule has 1 unspecified atom stereocenters. The molecule has 0 aliphatic heterocycles. The Morgan fingerprint density at radius 3 is 2.30 bits per heavy atom. The molecule has 20 heavy (non-hydrogen) atoms. The van der Waals surface area contributed by atoms with Crippen LogP contribution in [0.3, 0.4) is 0 Å². The summed E-state index contributed by atoms with van der Waals surface area (Å²) in [6.07, 6.45) is 0.882. The van der Waals surface area contributed by atoms with E-state index in [0.29, 0.717) is 12.8 Å². The molecular weight excluding hydrogens is 268 g/mol. The lowest BCUT2D eigenvalue weighted by molar-refractivity contribution is -0.147. The number of halogens is 2. The Morgan fingerprint density at radius 2 is 1.85 bits per heavy atom. The molecule has 1 aromatic carbocycles. The molecule has 0 saturated heterocycles. The maximum atomic E-state index is 13.5. The summed E-state index contributed by atoms with van der Waals surface area (Å²) in [4.78, 5) is 23.7. The average Bonchev–Trinajstić information content (AvgIpc) is 2.37. The highest BCUT2D eigenvalue weighted by Crippen LogP contribution is 2.18. The van der Waals surface area contributed by atoms with Gasteiger partial charge in [-0.2, -0.15) is 0 Å². The van der Waals surface area contributed by atoms with Crippen LogP contribution in [-0.2, 0) is 9.53 Å². The molecule has 0 heterocycles. The minimum atomic E-state index is -1.32. The van der Waals surface area contributed by atoms with E-state index < -0.39 is 34.6 Å². The molecule has 1 amide bonds. The SMILES string of the molecule is CCCC(C)(NC(=O)c1c(F)cccc1F)C(=O)OC. The minimum Gasteiger partial charge on any atom is -0.467 e. The van der Waals surface area contributed by atoms with Crippen LogP contribution >= 0.6 is 0 Å². The van der Waals surface area contributed by atoms with E-state index in [9.17, 15) is 18.4 Å². The zero-order chi connectivity index (χ0) is 15.3. The van der Waals surface area contributed by atoms with E-state index in [0.717, 1.165) is 18.2 Å². The summed E-state index contributed by atoms with van der Waals surface area (Å²) in [5, 5.41) is 2.35. The third-order valence-corrected chi connectivity index (χ3v) is 2.97. The number of benzene rings is 1. The largest absolute Gasteiger partial charge is 0.467 e. The van der Waals surface area contributed by atoms with Gasteiger partial charge in [0.2, 0.25) is 0 Å². The van der Waals surface area contributed by atoms with E-state index in [1.54, 1.807) is 0 Å². The Hall–Kier alpha value is -1.98. The van der Waals surface area contributed by atoms with E-state index in [2.05, 4.69) is 10.1 Å². The lowest BCUT2D eigenvalue weighted by atomic mass is 9.95. The molecule has 0 saturated carbocycles. The summed E-state index contributed by atoms with van der Waals surface area (Å²) >= 11 is 0. The van der Waals surface area contributed by atoms with Crippen LogP contribution in [0.2, 0.25) is 0 Å². The number of carbonyl (C=O) groups is 2. The van der Waals surface area contributed by atoms with Gasteiger partial charge in [0.05, 0.1) is 7.11 Å². The highest BCUT2D eigenvalue weighted by molar-refractivity contribution is 5.98. The van der Waals surface area contributed by atoms with Crippen LogP contribution < -0.4 is 5.32 Å². The molecule has 0 fully saturated rings. The molecule has 1 N–H and O–H groups in total. The van der Waals surface area contributed by atoms with Gasteiger partial charge in [-0.3, -0.25) is 4.79 Å². The second-order valence-electron chi connectivity index (χ2n) is 4.62. The number of ether oxygens (including phenoxy) is 1. The fourth-order valence-corrected chi connectivity index (χ4v) is 1.97. The molecule has 1 atom stereocenters. The maximum Gasteiger partial charge on any atom is 0.331 e. The number of nitrogens with one attached hydrogen (secondary N) is 1. The van der Waals surface area contributed by atoms with Crippen molar-refractivity contribution in [1.29, 1.82) is 0 Å². The van der Waals surface area contributed by atoms with Crippen LogP contribution in [0.15, 0.2) is 18.2 Å². The summed E-state index contributed by atoms with van der Waals surface area (Å²) in [7, 11) is 1.19. The molecule has 1 aromatic rings. The van der Waals surface area contributed by atoms with Crippen molar-refractivity contribution in [1.82, 2.24) is 5.32 Å². The first-order chi connectivity index (χ1) is 9.35. The molecule has 1 rings (SSSR count). The van der Waals surface area contributed by atoms with Gasteiger partial charge in [0, 0.05) is 0 Å². The van der Waals surface area contributed by atoms with E-state index in [1.807, 2.05) is 6.92 Å². The van der Waals surface area contributed by atoms with Gasteiger partial charge < -0.3 is 10.1 Å². The molecule has 4 nitrogen and oxygen atoms in total. The van der Waals surface area contributed by atoms with Gasteiger partial charge in [-0.05, 0) is 25.5 Å². The van der Waals surface area contributed by atoms with Crippen LogP contribution in [0.1, 0.15) is 37.0 Å². The third-order valence-electron chi connectivity index (χ3n) is 2.97. The zero-order valence-corrected chi connectivity index (χ0v) is 11.6. The van der Waals surface area contributed by atoms with Crippen LogP contribution in [0, 0.1) is 11.6 Å². The number of esters is 1. The molecule has 0 aliphatic rings. The van der Waals surface area contributed by atoms with Crippen LogP contribution in [0.4, 0.5) is 8.78 Å². The Kier molecular flexibility index (Phi) is 5.19. The Balaban J connectivity index is 3.06. The van der Waals surface area contributed by atoms with Gasteiger partial charge in [-0.15, -0.1) is 0 Å². The van der Waals surface area contributed by atoms with Crippen molar-refractivity contribution in [3.8, 4) is 0 Å². The Bertz CT molecular complexity index is 499. The summed E-state index contributed by atoms with van der Waals surface area (Å²) < 4.78 is 31.7. The van der Waals surface area contributed by atoms with Gasteiger partial charge in [0.15, 0.2) is 0 Å². The predicted octanol–water partition coefficient (Wildman–Crippen LogP) is 2.43. The molecule has 6 heteroatoms. The number of methoxy groups -OCH3 is 1. The van der Waals surface area contributed by atoms with Crippen molar-refractivity contribution in [2.45, 2.75) is 32.2 Å². The van der Waals surface area contributed by atoms with Gasteiger partial charge in [-0.25, -0.2) is 13.6 Å². The topological polar surface area (TPSA) is 55.4 Å². The van der Waals surface area contributed by atoms with Crippen LogP contribution in [-0.4, -0.2) is 24.5 Å². The standard InChI is InChI=1S/C14H17F2NO3/c1-4-8-14(2,13(19)20-3)17-12(18)11-9(15)6-5-7-10(11)16/h5-7H,4,8H2,1-3H3,(H,17,18). The van der Waals surface area contributed by atoms with Crippen molar-refractivity contribution >= 4 is 11.9 Å². The molecule has 0 radical (unpaired) electrons. The van der Waals surface area contributed by atoms with Crippen molar-refractivity contribution in [3.63, 3.8) is 0 Å². The molecule has 0 spiro atoms. The molecule has 0 aliphatic carbocycles. The fraction of sp³-hybridized carbons (Fsp3) is 0.429. The van der Waals surface area contributed by atoms with Crippen molar-refractivity contribution in [2.75, 3.05) is 7.11 Å². The molecule has 0 bridgehead atoms. The maximum absolute atomic E-state index is 13.5. The van der Waals surface area contributed by atoms with E-state index in [1.165, 1.54) is 14.0 Å². The van der Waals surface area contributed by atoms with Gasteiger partial charge >= 0.3 is 5.97 Å². The predicted molar refractivity (Wildman–Crippen MR) is 69.2 cm³/mol. The number of rotatable bonds is 5. The lowest BCUT2D eigenvalue weighted by Gasteiger charge is -2.27. The molecular formula is C14H17F2NO3. The third kappa shape index (κ3) is 3.31. The molecule has 110 valence electrons. The lowest BCUT2D eigenvalue weighted by Crippen LogP contribution is -2.53. The first-order valence-corrected chi connectivity index (χ1v) is 6.20. The first-order valence-electron chi connectivity index (χ1n) is 6.20. The van der Waals surface area contributed by atoms with E-state index in [4.69, 9.17) is 0 Å². The van der Waals surface area contributed by atoms with E-state index in [-0.39, 0.29) is 0 Å². The van der Waals surface area contributed by atoms with Crippen molar-refractivity contribution < 1.29 is 23.1 Å². The van der Waals surface area contributed by atoms with Crippen molar-refractivity contribution in [3.05, 3.63) is 35.4 Å². The Morgan fingerprint density at radius 1 is 1.30 bits per heavy atom. The van der Waals surface area contributed by atoms with Gasteiger partial charge in [-0.1, -0.05) is 19.4 Å². The smallest absolute Gasteiger partial charge is 0.331 e. The monoisotopic (exact) mass is 285 g/mol. The summed E-state index contributed by atoms with van der Waals surface area (Å²) in [6, 6.07) is 3.12. The first kappa shape index (κ1) is 16.1. The average molecular weight is 285 g/mol. The second-order valence-corrected chi connectivity index (χ2v) is 4.62. The normalized spacial score (nSPS) is 13.4. The van der Waals surface area contributed by atoms with Crippen LogP contribution in [0.25, 0.3) is 0 Å². The highest BCUT2D eigenvalue weighted by Gasteiger charge is 2.36. The zero-order valence-electron chi connectivity index (χ0n) is 11.6. The quantitative estimate of drug-likeness (QED) is 0.845. The van der Waals surface area contributed by atoms with Crippen molar-refractivity contribution in [2.24, 2.45) is 0 Å². The van der Waals surface area contributed by atoms with E-state index >= 15 is 0 Å². The summed E-state index contributed by atoms with van der Waals surface area (Å²) in [6.45, 7) is 3.27.